The third-order valence-corrected chi connectivity index (χ3v) is 3.80. The predicted molar refractivity (Wildman–Crippen MR) is 75.5 cm³/mol. The minimum atomic E-state index is -0.795. The van der Waals surface area contributed by atoms with E-state index in [0.717, 1.165) is 28.6 Å². The van der Waals surface area contributed by atoms with Crippen LogP contribution in [-0.2, 0) is 17.8 Å². The van der Waals surface area contributed by atoms with Gasteiger partial charge in [-0.2, -0.15) is 0 Å². The summed E-state index contributed by atoms with van der Waals surface area (Å²) in [5.74, 6) is 1.20. The second-order valence-corrected chi connectivity index (χ2v) is 5.40. The molecule has 4 nitrogen and oxygen atoms in total. The lowest BCUT2D eigenvalue weighted by Gasteiger charge is -2.05. The number of rotatable bonds is 6. The SMILES string of the molecule is Cc1nccn1CCSc1ccc(CC(=O)O)cc1. The molecule has 0 saturated heterocycles. The van der Waals surface area contributed by atoms with E-state index in [1.54, 1.807) is 18.0 Å². The molecule has 0 bridgehead atoms. The van der Waals surface area contributed by atoms with Gasteiger partial charge >= 0.3 is 5.97 Å². The number of nitrogens with zero attached hydrogens (tertiary/aromatic N) is 2. The van der Waals surface area contributed by atoms with E-state index in [0.29, 0.717) is 0 Å². The molecular weight excluding hydrogens is 260 g/mol. The van der Waals surface area contributed by atoms with Gasteiger partial charge < -0.3 is 9.67 Å². The molecule has 0 fully saturated rings. The molecule has 0 aliphatic rings. The molecule has 5 heteroatoms. The summed E-state index contributed by atoms with van der Waals surface area (Å²) in [5, 5.41) is 8.70. The van der Waals surface area contributed by atoms with Crippen molar-refractivity contribution in [3.63, 3.8) is 0 Å². The first-order valence-electron chi connectivity index (χ1n) is 6.06. The number of hydrogen-bond donors (Lipinski definition) is 1. The van der Waals surface area contributed by atoms with Crippen LogP contribution in [0.25, 0.3) is 0 Å². The zero-order valence-electron chi connectivity index (χ0n) is 10.7. The summed E-state index contributed by atoms with van der Waals surface area (Å²) in [6.07, 6.45) is 3.87. The van der Waals surface area contributed by atoms with Crippen LogP contribution < -0.4 is 0 Å². The molecule has 19 heavy (non-hydrogen) atoms. The highest BCUT2D eigenvalue weighted by atomic mass is 32.2. The molecule has 1 aromatic heterocycles. The maximum absolute atomic E-state index is 10.6. The minimum Gasteiger partial charge on any atom is -0.481 e. The lowest BCUT2D eigenvalue weighted by atomic mass is 10.2. The Balaban J connectivity index is 1.83. The van der Waals surface area contributed by atoms with E-state index in [1.165, 1.54) is 0 Å². The summed E-state index contributed by atoms with van der Waals surface area (Å²) >= 11 is 1.76. The average Bonchev–Trinajstić information content (AvgIpc) is 2.77. The van der Waals surface area contributed by atoms with Crippen LogP contribution in [0.3, 0.4) is 0 Å². The quantitative estimate of drug-likeness (QED) is 0.824. The Labute approximate surface area is 116 Å². The number of aromatic nitrogens is 2. The highest BCUT2D eigenvalue weighted by molar-refractivity contribution is 7.99. The minimum absolute atomic E-state index is 0.0825. The van der Waals surface area contributed by atoms with Crippen LogP contribution in [0.2, 0.25) is 0 Å². The van der Waals surface area contributed by atoms with Crippen molar-refractivity contribution in [2.45, 2.75) is 24.8 Å². The smallest absolute Gasteiger partial charge is 0.307 e. The maximum Gasteiger partial charge on any atom is 0.307 e. The number of benzene rings is 1. The third-order valence-electron chi connectivity index (χ3n) is 2.80. The van der Waals surface area contributed by atoms with Crippen LogP contribution in [0.4, 0.5) is 0 Å². The van der Waals surface area contributed by atoms with Crippen molar-refractivity contribution in [2.75, 3.05) is 5.75 Å². The van der Waals surface area contributed by atoms with E-state index < -0.39 is 5.97 Å². The lowest BCUT2D eigenvalue weighted by Crippen LogP contribution is -2.01. The Bertz CT molecular complexity index is 549. The Kier molecular flexibility index (Phi) is 4.63. The standard InChI is InChI=1S/C14H16N2O2S/c1-11-15-6-7-16(11)8-9-19-13-4-2-12(3-5-13)10-14(17)18/h2-7H,8-10H2,1H3,(H,17,18). The molecule has 2 rings (SSSR count). The monoisotopic (exact) mass is 276 g/mol. The van der Waals surface area contributed by atoms with E-state index in [9.17, 15) is 4.79 Å². The topological polar surface area (TPSA) is 55.1 Å². The molecule has 0 amide bonds. The number of hydrogen-bond acceptors (Lipinski definition) is 3. The zero-order chi connectivity index (χ0) is 13.7. The Morgan fingerprint density at radius 3 is 2.68 bits per heavy atom. The summed E-state index contributed by atoms with van der Waals surface area (Å²) in [6.45, 7) is 2.92. The molecule has 1 N–H and O–H groups in total. The van der Waals surface area contributed by atoms with E-state index in [2.05, 4.69) is 9.55 Å². The van der Waals surface area contributed by atoms with Gasteiger partial charge in [-0.25, -0.2) is 4.98 Å². The van der Waals surface area contributed by atoms with Gasteiger partial charge in [0.05, 0.1) is 6.42 Å². The second-order valence-electron chi connectivity index (χ2n) is 4.23. The van der Waals surface area contributed by atoms with Crippen molar-refractivity contribution >= 4 is 17.7 Å². The van der Waals surface area contributed by atoms with Gasteiger partial charge in [-0.15, -0.1) is 11.8 Å². The molecule has 1 aromatic carbocycles. The highest BCUT2D eigenvalue weighted by Crippen LogP contribution is 2.19. The van der Waals surface area contributed by atoms with Gasteiger partial charge in [0.2, 0.25) is 0 Å². The fourth-order valence-corrected chi connectivity index (χ4v) is 2.63. The molecule has 1 heterocycles. The molecule has 0 saturated carbocycles. The summed E-state index contributed by atoms with van der Waals surface area (Å²) in [4.78, 5) is 15.9. The van der Waals surface area contributed by atoms with Crippen LogP contribution in [0.15, 0.2) is 41.6 Å². The van der Waals surface area contributed by atoms with E-state index in [1.807, 2.05) is 37.4 Å². The molecular formula is C14H16N2O2S. The number of aliphatic carboxylic acids is 1. The number of aryl methyl sites for hydroxylation is 2. The Morgan fingerprint density at radius 2 is 2.11 bits per heavy atom. The average molecular weight is 276 g/mol. The Hall–Kier alpha value is -1.75. The molecule has 100 valence electrons. The van der Waals surface area contributed by atoms with Crippen LogP contribution in [0, 0.1) is 6.92 Å². The zero-order valence-corrected chi connectivity index (χ0v) is 11.6. The van der Waals surface area contributed by atoms with E-state index in [4.69, 9.17) is 5.11 Å². The summed E-state index contributed by atoms with van der Waals surface area (Å²) < 4.78 is 2.12. The molecule has 0 radical (unpaired) electrons. The van der Waals surface area contributed by atoms with Crippen molar-refractivity contribution in [3.05, 3.63) is 48.0 Å². The van der Waals surface area contributed by atoms with Gasteiger partial charge in [-0.05, 0) is 24.6 Å². The van der Waals surface area contributed by atoms with Gasteiger partial charge in [0.25, 0.3) is 0 Å². The Morgan fingerprint density at radius 1 is 1.37 bits per heavy atom. The highest BCUT2D eigenvalue weighted by Gasteiger charge is 2.01. The first-order chi connectivity index (χ1) is 9.15. The predicted octanol–water partition coefficient (Wildman–Crippen LogP) is 2.61. The first kappa shape index (κ1) is 13.7. The molecule has 0 spiro atoms. The normalized spacial score (nSPS) is 10.6. The van der Waals surface area contributed by atoms with E-state index >= 15 is 0 Å². The molecule has 0 unspecified atom stereocenters. The van der Waals surface area contributed by atoms with Gasteiger partial charge in [0.1, 0.15) is 5.82 Å². The van der Waals surface area contributed by atoms with E-state index in [-0.39, 0.29) is 6.42 Å². The van der Waals surface area contributed by atoms with Crippen molar-refractivity contribution < 1.29 is 9.90 Å². The lowest BCUT2D eigenvalue weighted by molar-refractivity contribution is -0.136. The summed E-state index contributed by atoms with van der Waals surface area (Å²) in [7, 11) is 0. The first-order valence-corrected chi connectivity index (χ1v) is 7.05. The molecule has 0 aliphatic carbocycles. The van der Waals surface area contributed by atoms with Crippen LogP contribution in [-0.4, -0.2) is 26.4 Å². The third kappa shape index (κ3) is 4.13. The van der Waals surface area contributed by atoms with Crippen LogP contribution in [0.5, 0.6) is 0 Å². The van der Waals surface area contributed by atoms with Gasteiger partial charge in [-0.1, -0.05) is 12.1 Å². The fraction of sp³-hybridized carbons (Fsp3) is 0.286. The fourth-order valence-electron chi connectivity index (χ4n) is 1.78. The number of carbonyl (C=O) groups is 1. The molecule has 0 aliphatic heterocycles. The number of thioether (sulfide) groups is 1. The largest absolute Gasteiger partial charge is 0.481 e. The van der Waals surface area contributed by atoms with Gasteiger partial charge in [0, 0.05) is 29.6 Å². The summed E-state index contributed by atoms with van der Waals surface area (Å²) in [6, 6.07) is 7.70. The number of imidazole rings is 1. The van der Waals surface area contributed by atoms with Gasteiger partial charge in [0.15, 0.2) is 0 Å². The maximum atomic E-state index is 10.6. The summed E-state index contributed by atoms with van der Waals surface area (Å²) in [5.41, 5.74) is 0.835. The van der Waals surface area contributed by atoms with Crippen molar-refractivity contribution in [2.24, 2.45) is 0 Å². The van der Waals surface area contributed by atoms with Gasteiger partial charge in [-0.3, -0.25) is 4.79 Å². The number of carboxylic acids is 1. The number of carboxylic acid groups (broad SMARTS) is 1. The van der Waals surface area contributed by atoms with Crippen molar-refractivity contribution in [1.29, 1.82) is 0 Å². The van der Waals surface area contributed by atoms with Crippen LogP contribution in [0.1, 0.15) is 11.4 Å². The van der Waals surface area contributed by atoms with Crippen LogP contribution >= 0.6 is 11.8 Å². The molecule has 0 atom stereocenters. The van der Waals surface area contributed by atoms with Crippen molar-refractivity contribution in [1.82, 2.24) is 9.55 Å². The van der Waals surface area contributed by atoms with Crippen molar-refractivity contribution in [3.8, 4) is 0 Å². The molecule has 2 aromatic rings. The second kappa shape index (κ2) is 6.43.